The van der Waals surface area contributed by atoms with E-state index in [1.165, 1.54) is 24.3 Å². The number of pyridine rings is 1. The number of halogens is 1. The maximum absolute atomic E-state index is 13.4. The van der Waals surface area contributed by atoms with Gasteiger partial charge in [-0.15, -0.1) is 0 Å². The van der Waals surface area contributed by atoms with E-state index in [1.54, 1.807) is 41.6 Å². The zero-order chi connectivity index (χ0) is 27.2. The van der Waals surface area contributed by atoms with Crippen molar-refractivity contribution in [3.8, 4) is 0 Å². The summed E-state index contributed by atoms with van der Waals surface area (Å²) in [6.45, 7) is 5.05. The van der Waals surface area contributed by atoms with Crippen molar-refractivity contribution in [1.29, 1.82) is 0 Å². The van der Waals surface area contributed by atoms with Crippen molar-refractivity contribution in [3.63, 3.8) is 0 Å². The Morgan fingerprint density at radius 1 is 0.744 bits per heavy atom. The molecule has 39 heavy (non-hydrogen) atoms. The van der Waals surface area contributed by atoms with Crippen LogP contribution >= 0.6 is 0 Å². The summed E-state index contributed by atoms with van der Waals surface area (Å²) in [6.07, 6.45) is 3.96. The van der Waals surface area contributed by atoms with Gasteiger partial charge in [0.25, 0.3) is 17.7 Å². The molecule has 2 aliphatic rings. The Labute approximate surface area is 226 Å². The highest BCUT2D eigenvalue weighted by atomic mass is 19.1. The number of amides is 3. The molecular weight excluding hydrogens is 499 g/mol. The molecule has 2 fully saturated rings. The summed E-state index contributed by atoms with van der Waals surface area (Å²) in [4.78, 5) is 49.1. The highest BCUT2D eigenvalue weighted by Crippen LogP contribution is 2.30. The molecule has 0 spiro atoms. The van der Waals surface area contributed by atoms with Crippen LogP contribution in [0, 0.1) is 5.82 Å². The molecule has 1 aromatic heterocycles. The predicted molar refractivity (Wildman–Crippen MR) is 147 cm³/mol. The van der Waals surface area contributed by atoms with E-state index in [-0.39, 0.29) is 11.8 Å². The van der Waals surface area contributed by atoms with Crippen molar-refractivity contribution < 1.29 is 18.8 Å². The molecule has 0 radical (unpaired) electrons. The van der Waals surface area contributed by atoms with Crippen molar-refractivity contribution in [2.45, 2.75) is 6.42 Å². The van der Waals surface area contributed by atoms with Crippen LogP contribution in [-0.2, 0) is 0 Å². The first-order chi connectivity index (χ1) is 19.0. The third kappa shape index (κ3) is 6.23. The lowest BCUT2D eigenvalue weighted by Gasteiger charge is -2.29. The summed E-state index contributed by atoms with van der Waals surface area (Å²) in [5.74, 6) is -0.954. The number of benzene rings is 2. The standard InChI is InChI=1S/C29H31FN6O3/c30-24-5-2-21(3-6-24)27(37)33-25-20-23(29(39)36-16-12-32-13-17-36)4-7-26(25)34-14-1-15-35(19-18-34)28(38)22-8-10-31-11-9-22/h2-11,20,32H,1,12-19H2,(H,33,37). The van der Waals surface area contributed by atoms with E-state index < -0.39 is 11.7 Å². The van der Waals surface area contributed by atoms with Crippen LogP contribution in [0.25, 0.3) is 0 Å². The molecule has 0 saturated carbocycles. The van der Waals surface area contributed by atoms with Gasteiger partial charge in [0.2, 0.25) is 0 Å². The normalized spacial score (nSPS) is 16.0. The molecule has 2 saturated heterocycles. The van der Waals surface area contributed by atoms with Crippen LogP contribution in [0.5, 0.6) is 0 Å². The van der Waals surface area contributed by atoms with Crippen molar-refractivity contribution >= 4 is 29.1 Å². The van der Waals surface area contributed by atoms with Gasteiger partial charge in [-0.05, 0) is 61.0 Å². The lowest BCUT2D eigenvalue weighted by atomic mass is 10.1. The highest BCUT2D eigenvalue weighted by molar-refractivity contribution is 6.07. The first-order valence-corrected chi connectivity index (χ1v) is 13.1. The molecule has 2 N–H and O–H groups in total. The number of aromatic nitrogens is 1. The molecule has 0 atom stereocenters. The SMILES string of the molecule is O=C(Nc1cc(C(=O)N2CCNCC2)ccc1N1CCCN(C(=O)c2ccncc2)CC1)c1ccc(F)cc1. The number of rotatable bonds is 5. The minimum Gasteiger partial charge on any atom is -0.368 e. The van der Waals surface area contributed by atoms with Crippen LogP contribution in [0.3, 0.4) is 0 Å². The van der Waals surface area contributed by atoms with Crippen LogP contribution in [0.1, 0.15) is 37.5 Å². The van der Waals surface area contributed by atoms with Crippen LogP contribution in [0.2, 0.25) is 0 Å². The highest BCUT2D eigenvalue weighted by Gasteiger charge is 2.24. The minimum absolute atomic E-state index is 0.0407. The average Bonchev–Trinajstić information content (AvgIpc) is 3.24. The topological polar surface area (TPSA) is 97.9 Å². The number of hydrogen-bond acceptors (Lipinski definition) is 6. The molecule has 9 nitrogen and oxygen atoms in total. The van der Waals surface area contributed by atoms with Crippen LogP contribution < -0.4 is 15.5 Å². The Kier molecular flexibility index (Phi) is 8.12. The fourth-order valence-electron chi connectivity index (χ4n) is 4.93. The maximum Gasteiger partial charge on any atom is 0.255 e. The number of carbonyl (C=O) groups is 3. The summed E-state index contributed by atoms with van der Waals surface area (Å²) in [5, 5.41) is 6.19. The third-order valence-corrected chi connectivity index (χ3v) is 7.05. The molecule has 3 aromatic rings. The van der Waals surface area contributed by atoms with Gasteiger partial charge in [0.15, 0.2) is 0 Å². The Hall–Kier alpha value is -4.31. The predicted octanol–water partition coefficient (Wildman–Crippen LogP) is 2.87. The van der Waals surface area contributed by atoms with E-state index in [2.05, 4.69) is 20.5 Å². The average molecular weight is 531 g/mol. The molecular formula is C29H31FN6O3. The number of hydrogen-bond donors (Lipinski definition) is 2. The zero-order valence-corrected chi connectivity index (χ0v) is 21.6. The van der Waals surface area contributed by atoms with Crippen LogP contribution in [0.4, 0.5) is 15.8 Å². The van der Waals surface area contributed by atoms with Crippen molar-refractivity contribution in [1.82, 2.24) is 20.1 Å². The third-order valence-electron chi connectivity index (χ3n) is 7.05. The van der Waals surface area contributed by atoms with Crippen molar-refractivity contribution in [3.05, 3.63) is 89.5 Å². The molecule has 0 unspecified atom stereocenters. The largest absolute Gasteiger partial charge is 0.368 e. The monoisotopic (exact) mass is 530 g/mol. The lowest BCUT2D eigenvalue weighted by Crippen LogP contribution is -2.46. The second-order valence-corrected chi connectivity index (χ2v) is 9.60. The number of piperazine rings is 1. The van der Waals surface area contributed by atoms with E-state index in [0.29, 0.717) is 61.6 Å². The summed E-state index contributed by atoms with van der Waals surface area (Å²) in [5.41, 5.74) is 2.66. The second kappa shape index (κ2) is 12.0. The molecule has 2 aliphatic heterocycles. The Bertz CT molecular complexity index is 1330. The summed E-state index contributed by atoms with van der Waals surface area (Å²) < 4.78 is 13.4. The van der Waals surface area contributed by atoms with Gasteiger partial charge in [-0.2, -0.15) is 0 Å². The van der Waals surface area contributed by atoms with Gasteiger partial charge in [0.05, 0.1) is 11.4 Å². The number of carbonyl (C=O) groups excluding carboxylic acids is 3. The van der Waals surface area contributed by atoms with Gasteiger partial charge in [-0.1, -0.05) is 0 Å². The van der Waals surface area contributed by atoms with E-state index in [0.717, 1.165) is 25.2 Å². The number of nitrogens with one attached hydrogen (secondary N) is 2. The smallest absolute Gasteiger partial charge is 0.255 e. The van der Waals surface area contributed by atoms with Gasteiger partial charge in [0.1, 0.15) is 5.82 Å². The zero-order valence-electron chi connectivity index (χ0n) is 21.6. The second-order valence-electron chi connectivity index (χ2n) is 9.60. The molecule has 202 valence electrons. The maximum atomic E-state index is 13.4. The first kappa shape index (κ1) is 26.3. The Morgan fingerprint density at radius 2 is 1.41 bits per heavy atom. The van der Waals surface area contributed by atoms with Gasteiger partial charge in [-0.25, -0.2) is 4.39 Å². The quantitative estimate of drug-likeness (QED) is 0.527. The first-order valence-electron chi connectivity index (χ1n) is 13.1. The minimum atomic E-state index is -0.425. The van der Waals surface area contributed by atoms with Crippen LogP contribution in [0.15, 0.2) is 67.0 Å². The van der Waals surface area contributed by atoms with Crippen molar-refractivity contribution in [2.24, 2.45) is 0 Å². The van der Waals surface area contributed by atoms with Gasteiger partial charge < -0.3 is 25.3 Å². The molecule has 5 rings (SSSR count). The van der Waals surface area contributed by atoms with Gasteiger partial charge >= 0.3 is 0 Å². The molecule has 0 aliphatic carbocycles. The number of nitrogens with zero attached hydrogens (tertiary/aromatic N) is 4. The van der Waals surface area contributed by atoms with Crippen molar-refractivity contribution in [2.75, 3.05) is 62.6 Å². The van der Waals surface area contributed by atoms with Crippen LogP contribution in [-0.4, -0.2) is 84.9 Å². The number of anilines is 2. The molecule has 10 heteroatoms. The fourth-order valence-corrected chi connectivity index (χ4v) is 4.93. The summed E-state index contributed by atoms with van der Waals surface area (Å²) in [6, 6.07) is 14.1. The van der Waals surface area contributed by atoms with Gasteiger partial charge in [-0.3, -0.25) is 19.4 Å². The van der Waals surface area contributed by atoms with E-state index in [9.17, 15) is 18.8 Å². The molecule has 3 heterocycles. The summed E-state index contributed by atoms with van der Waals surface area (Å²) in [7, 11) is 0. The molecule has 0 bridgehead atoms. The molecule has 2 aromatic carbocycles. The Balaban J connectivity index is 1.39. The molecule has 3 amide bonds. The van der Waals surface area contributed by atoms with E-state index in [4.69, 9.17) is 0 Å². The lowest BCUT2D eigenvalue weighted by molar-refractivity contribution is 0.0734. The van der Waals surface area contributed by atoms with E-state index >= 15 is 0 Å². The van der Waals surface area contributed by atoms with E-state index in [1.807, 2.05) is 11.0 Å². The Morgan fingerprint density at radius 3 is 2.15 bits per heavy atom. The fraction of sp³-hybridized carbons (Fsp3) is 0.310. The summed E-state index contributed by atoms with van der Waals surface area (Å²) >= 11 is 0. The van der Waals surface area contributed by atoms with Gasteiger partial charge in [0, 0.05) is 81.4 Å².